The topological polar surface area (TPSA) is 81.6 Å². The molecule has 0 fully saturated rings. The fourth-order valence-corrected chi connectivity index (χ4v) is 0.804. The van der Waals surface area contributed by atoms with Crippen molar-refractivity contribution in [3.8, 4) is 0 Å². The van der Waals surface area contributed by atoms with Crippen LogP contribution in [0, 0.1) is 5.92 Å². The van der Waals surface area contributed by atoms with E-state index in [2.05, 4.69) is 10.6 Å². The molecule has 0 atom stereocenters. The summed E-state index contributed by atoms with van der Waals surface area (Å²) in [4.78, 5) is 11.1. The maximum Gasteiger partial charge on any atom is 0.233 e. The van der Waals surface area contributed by atoms with Crippen molar-refractivity contribution in [3.05, 3.63) is 0 Å². The largest absolute Gasteiger partial charge is 0.395 e. The zero-order valence-electron chi connectivity index (χ0n) is 8.79. The van der Waals surface area contributed by atoms with Crippen LogP contribution < -0.4 is 10.6 Å². The zero-order valence-corrected chi connectivity index (χ0v) is 8.79. The Labute approximate surface area is 84.5 Å². The maximum atomic E-state index is 11.1. The van der Waals surface area contributed by atoms with E-state index in [1.54, 1.807) is 0 Å². The molecule has 0 radical (unpaired) electrons. The number of rotatable bonds is 7. The van der Waals surface area contributed by atoms with E-state index in [1.807, 2.05) is 13.8 Å². The van der Waals surface area contributed by atoms with E-state index in [0.717, 1.165) is 0 Å². The summed E-state index contributed by atoms with van der Waals surface area (Å²) in [5.74, 6) is 0.302. The third-order valence-corrected chi connectivity index (χ3v) is 1.70. The lowest BCUT2D eigenvalue weighted by Gasteiger charge is -2.13. The van der Waals surface area contributed by atoms with Crippen LogP contribution in [-0.2, 0) is 4.79 Å². The summed E-state index contributed by atoms with van der Waals surface area (Å²) in [6, 6.07) is -0.417. The summed E-state index contributed by atoms with van der Waals surface area (Å²) in [5.41, 5.74) is 0. The van der Waals surface area contributed by atoms with Crippen molar-refractivity contribution in [2.45, 2.75) is 19.9 Å². The molecule has 84 valence electrons. The van der Waals surface area contributed by atoms with E-state index in [1.165, 1.54) is 0 Å². The second kappa shape index (κ2) is 7.73. The van der Waals surface area contributed by atoms with Crippen molar-refractivity contribution in [2.75, 3.05) is 26.3 Å². The van der Waals surface area contributed by atoms with Gasteiger partial charge in [-0.2, -0.15) is 0 Å². The second-order valence-corrected chi connectivity index (χ2v) is 3.64. The van der Waals surface area contributed by atoms with Gasteiger partial charge >= 0.3 is 0 Å². The highest BCUT2D eigenvalue weighted by Gasteiger charge is 2.07. The Morgan fingerprint density at radius 2 is 1.86 bits per heavy atom. The minimum atomic E-state index is -0.417. The van der Waals surface area contributed by atoms with Crippen molar-refractivity contribution < 1.29 is 15.0 Å². The van der Waals surface area contributed by atoms with Crippen LogP contribution in [0.4, 0.5) is 0 Å². The van der Waals surface area contributed by atoms with Gasteiger partial charge in [0.15, 0.2) is 0 Å². The molecule has 0 aromatic carbocycles. The quantitative estimate of drug-likeness (QED) is 0.415. The van der Waals surface area contributed by atoms with Crippen LogP contribution in [-0.4, -0.2) is 48.5 Å². The normalized spacial score (nSPS) is 11.0. The van der Waals surface area contributed by atoms with Crippen LogP contribution in [0.3, 0.4) is 0 Å². The summed E-state index contributed by atoms with van der Waals surface area (Å²) in [5, 5.41) is 22.9. The predicted molar refractivity (Wildman–Crippen MR) is 53.8 cm³/mol. The van der Waals surface area contributed by atoms with Gasteiger partial charge in [0.25, 0.3) is 0 Å². The number of amides is 1. The van der Waals surface area contributed by atoms with E-state index in [0.29, 0.717) is 12.5 Å². The number of nitrogens with one attached hydrogen (secondary N) is 2. The Bertz CT molecular complexity index is 158. The van der Waals surface area contributed by atoms with Crippen molar-refractivity contribution in [2.24, 2.45) is 5.92 Å². The lowest BCUT2D eigenvalue weighted by Crippen LogP contribution is -2.43. The first-order valence-electron chi connectivity index (χ1n) is 4.82. The van der Waals surface area contributed by atoms with E-state index in [4.69, 9.17) is 10.2 Å². The van der Waals surface area contributed by atoms with Crippen molar-refractivity contribution >= 4 is 5.91 Å². The Morgan fingerprint density at radius 3 is 2.29 bits per heavy atom. The lowest BCUT2D eigenvalue weighted by molar-refractivity contribution is -0.120. The van der Waals surface area contributed by atoms with Crippen LogP contribution >= 0.6 is 0 Å². The highest BCUT2D eigenvalue weighted by atomic mass is 16.3. The van der Waals surface area contributed by atoms with Gasteiger partial charge < -0.3 is 20.8 Å². The van der Waals surface area contributed by atoms with Gasteiger partial charge in [0.1, 0.15) is 0 Å². The maximum absolute atomic E-state index is 11.1. The number of hydrogen-bond acceptors (Lipinski definition) is 4. The number of carbonyl (C=O) groups excluding carboxylic acids is 1. The van der Waals surface area contributed by atoms with E-state index < -0.39 is 6.04 Å². The standard InChI is InChI=1S/C9H20N2O3/c1-7(2)3-11-9(14)4-10-8(5-12)6-13/h7-8,10,12-13H,3-6H2,1-2H3,(H,11,14). The zero-order chi connectivity index (χ0) is 11.0. The monoisotopic (exact) mass is 204 g/mol. The molecule has 0 saturated carbocycles. The first-order valence-corrected chi connectivity index (χ1v) is 4.82. The minimum absolute atomic E-state index is 0.120. The van der Waals surface area contributed by atoms with Gasteiger partial charge in [0.2, 0.25) is 5.91 Å². The lowest BCUT2D eigenvalue weighted by atomic mass is 10.2. The van der Waals surface area contributed by atoms with E-state index in [-0.39, 0.29) is 25.7 Å². The van der Waals surface area contributed by atoms with Crippen LogP contribution in [0.15, 0.2) is 0 Å². The number of aliphatic hydroxyl groups excluding tert-OH is 2. The fourth-order valence-electron chi connectivity index (χ4n) is 0.804. The summed E-state index contributed by atoms with van der Waals surface area (Å²) in [7, 11) is 0. The average molecular weight is 204 g/mol. The molecule has 0 bridgehead atoms. The third kappa shape index (κ3) is 6.82. The molecule has 1 amide bonds. The Hall–Kier alpha value is -0.650. The van der Waals surface area contributed by atoms with Gasteiger partial charge in [0, 0.05) is 6.54 Å². The molecule has 4 N–H and O–H groups in total. The first-order chi connectivity index (χ1) is 6.60. The molecular weight excluding hydrogens is 184 g/mol. The molecule has 0 rings (SSSR count). The minimum Gasteiger partial charge on any atom is -0.395 e. The Morgan fingerprint density at radius 1 is 1.29 bits per heavy atom. The molecule has 0 aliphatic heterocycles. The molecule has 0 aromatic rings. The summed E-state index contributed by atoms with van der Waals surface area (Å²) < 4.78 is 0. The fraction of sp³-hybridized carbons (Fsp3) is 0.889. The van der Waals surface area contributed by atoms with Crippen molar-refractivity contribution in [1.29, 1.82) is 0 Å². The summed E-state index contributed by atoms with van der Waals surface area (Å²) in [6.07, 6.45) is 0. The third-order valence-electron chi connectivity index (χ3n) is 1.70. The van der Waals surface area contributed by atoms with Crippen LogP contribution in [0.25, 0.3) is 0 Å². The number of aliphatic hydroxyl groups is 2. The SMILES string of the molecule is CC(C)CNC(=O)CNC(CO)CO. The Kier molecular flexibility index (Phi) is 7.37. The van der Waals surface area contributed by atoms with Gasteiger partial charge in [-0.25, -0.2) is 0 Å². The molecule has 5 heteroatoms. The summed E-state index contributed by atoms with van der Waals surface area (Å²) >= 11 is 0. The molecule has 0 saturated heterocycles. The highest BCUT2D eigenvalue weighted by molar-refractivity contribution is 5.77. The van der Waals surface area contributed by atoms with Gasteiger partial charge in [-0.05, 0) is 5.92 Å². The van der Waals surface area contributed by atoms with Crippen LogP contribution in [0.2, 0.25) is 0 Å². The molecule has 0 aromatic heterocycles. The molecular formula is C9H20N2O3. The molecule has 0 spiro atoms. The average Bonchev–Trinajstić information content (AvgIpc) is 2.16. The van der Waals surface area contributed by atoms with Crippen LogP contribution in [0.1, 0.15) is 13.8 Å². The summed E-state index contributed by atoms with van der Waals surface area (Å²) in [6.45, 7) is 4.44. The van der Waals surface area contributed by atoms with E-state index >= 15 is 0 Å². The molecule has 0 aliphatic carbocycles. The van der Waals surface area contributed by atoms with Crippen molar-refractivity contribution in [3.63, 3.8) is 0 Å². The molecule has 5 nitrogen and oxygen atoms in total. The highest BCUT2D eigenvalue weighted by Crippen LogP contribution is 1.86. The first kappa shape index (κ1) is 13.4. The smallest absolute Gasteiger partial charge is 0.233 e. The molecule has 0 unspecified atom stereocenters. The number of hydrogen-bond donors (Lipinski definition) is 4. The van der Waals surface area contributed by atoms with Gasteiger partial charge in [0.05, 0.1) is 25.8 Å². The Balaban J connectivity index is 3.52. The van der Waals surface area contributed by atoms with Crippen molar-refractivity contribution in [1.82, 2.24) is 10.6 Å². The molecule has 14 heavy (non-hydrogen) atoms. The van der Waals surface area contributed by atoms with Gasteiger partial charge in [-0.3, -0.25) is 4.79 Å². The predicted octanol–water partition coefficient (Wildman–Crippen LogP) is -1.30. The molecule has 0 aliphatic rings. The van der Waals surface area contributed by atoms with Gasteiger partial charge in [-0.1, -0.05) is 13.8 Å². The van der Waals surface area contributed by atoms with Crippen LogP contribution in [0.5, 0.6) is 0 Å². The number of carbonyl (C=O) groups is 1. The van der Waals surface area contributed by atoms with E-state index in [9.17, 15) is 4.79 Å². The molecule has 0 heterocycles. The second-order valence-electron chi connectivity index (χ2n) is 3.64. The van der Waals surface area contributed by atoms with Gasteiger partial charge in [-0.15, -0.1) is 0 Å².